The van der Waals surface area contributed by atoms with Gasteiger partial charge in [0.2, 0.25) is 5.91 Å². The summed E-state index contributed by atoms with van der Waals surface area (Å²) in [4.78, 5) is 24.8. The maximum atomic E-state index is 11.4. The summed E-state index contributed by atoms with van der Waals surface area (Å²) in [6, 6.07) is 5.48. The summed E-state index contributed by atoms with van der Waals surface area (Å²) in [6.07, 6.45) is 6.20. The van der Waals surface area contributed by atoms with Crippen molar-refractivity contribution in [1.82, 2.24) is 24.7 Å². The van der Waals surface area contributed by atoms with Gasteiger partial charge in [0, 0.05) is 56.7 Å². The molecule has 0 saturated carbocycles. The Morgan fingerprint density at radius 3 is 2.89 bits per heavy atom. The Kier molecular flexibility index (Phi) is 4.98. The van der Waals surface area contributed by atoms with Gasteiger partial charge in [0.15, 0.2) is 0 Å². The molecule has 1 atom stereocenters. The van der Waals surface area contributed by atoms with Gasteiger partial charge in [0.05, 0.1) is 18.0 Å². The van der Waals surface area contributed by atoms with Crippen LogP contribution in [0.3, 0.4) is 0 Å². The van der Waals surface area contributed by atoms with Gasteiger partial charge >= 0.3 is 0 Å². The minimum Gasteiger partial charge on any atom is -0.381 e. The van der Waals surface area contributed by atoms with E-state index in [2.05, 4.69) is 30.7 Å². The first kappa shape index (κ1) is 18.1. The number of aryl methyl sites for hydroxylation is 1. The Morgan fingerprint density at radius 2 is 2.18 bits per heavy atom. The zero-order valence-electron chi connectivity index (χ0n) is 15.7. The van der Waals surface area contributed by atoms with Crippen molar-refractivity contribution in [3.8, 4) is 11.3 Å². The molecular formula is C19H21N7O2. The van der Waals surface area contributed by atoms with Crippen LogP contribution in [0.2, 0.25) is 0 Å². The largest absolute Gasteiger partial charge is 0.381 e. The molecule has 0 bridgehead atoms. The number of hydrogen-bond acceptors (Lipinski definition) is 7. The van der Waals surface area contributed by atoms with Crippen LogP contribution in [0.15, 0.2) is 36.8 Å². The van der Waals surface area contributed by atoms with E-state index >= 15 is 0 Å². The van der Waals surface area contributed by atoms with Crippen LogP contribution in [0.4, 0.5) is 17.3 Å². The smallest absolute Gasteiger partial charge is 0.222 e. The Balaban J connectivity index is 1.68. The van der Waals surface area contributed by atoms with E-state index in [1.54, 1.807) is 29.2 Å². The standard InChI is InChI=1S/C19H21N7O2/c1-12(27)22-18-9-16(14(10-21-18)15-4-7-26(2)25-15)23-17-3-6-20-19(24-17)13-5-8-28-11-13/h3-4,6-7,9-10,13H,5,8,11H2,1-2H3,(H2,20,21,22,23,24,27). The van der Waals surface area contributed by atoms with Crippen molar-refractivity contribution in [3.63, 3.8) is 0 Å². The second kappa shape index (κ2) is 7.73. The topological polar surface area (TPSA) is 107 Å². The summed E-state index contributed by atoms with van der Waals surface area (Å²) in [7, 11) is 1.86. The molecule has 28 heavy (non-hydrogen) atoms. The van der Waals surface area contributed by atoms with Crippen molar-refractivity contribution in [2.45, 2.75) is 19.3 Å². The molecule has 0 spiro atoms. The molecular weight excluding hydrogens is 358 g/mol. The predicted octanol–water partition coefficient (Wildman–Crippen LogP) is 2.48. The number of nitrogens with one attached hydrogen (secondary N) is 2. The van der Waals surface area contributed by atoms with Crippen LogP contribution >= 0.6 is 0 Å². The second-order valence-electron chi connectivity index (χ2n) is 6.66. The van der Waals surface area contributed by atoms with Crippen molar-refractivity contribution in [3.05, 3.63) is 42.6 Å². The molecule has 0 aliphatic carbocycles. The van der Waals surface area contributed by atoms with Crippen LogP contribution in [0.1, 0.15) is 25.1 Å². The first-order chi connectivity index (χ1) is 13.6. The number of anilines is 3. The second-order valence-corrected chi connectivity index (χ2v) is 6.66. The van der Waals surface area contributed by atoms with Crippen LogP contribution in [0, 0.1) is 0 Å². The molecule has 9 heteroatoms. The Morgan fingerprint density at radius 1 is 1.29 bits per heavy atom. The third-order valence-electron chi connectivity index (χ3n) is 4.43. The third kappa shape index (κ3) is 3.99. The minimum atomic E-state index is -0.186. The normalized spacial score (nSPS) is 16.1. The molecule has 0 radical (unpaired) electrons. The number of pyridine rings is 1. The highest BCUT2D eigenvalue weighted by molar-refractivity contribution is 5.89. The lowest BCUT2D eigenvalue weighted by Gasteiger charge is -2.13. The van der Waals surface area contributed by atoms with Crippen molar-refractivity contribution in [2.24, 2.45) is 7.05 Å². The summed E-state index contributed by atoms with van der Waals surface area (Å²) < 4.78 is 7.17. The number of amides is 1. The summed E-state index contributed by atoms with van der Waals surface area (Å²) in [5.74, 6) is 1.90. The highest BCUT2D eigenvalue weighted by Gasteiger charge is 2.21. The fourth-order valence-corrected chi connectivity index (χ4v) is 3.09. The molecule has 1 amide bonds. The van der Waals surface area contributed by atoms with Gasteiger partial charge in [-0.15, -0.1) is 0 Å². The number of ether oxygens (including phenoxy) is 1. The van der Waals surface area contributed by atoms with E-state index in [0.717, 1.165) is 35.8 Å². The molecule has 1 unspecified atom stereocenters. The van der Waals surface area contributed by atoms with Crippen LogP contribution in [0.25, 0.3) is 11.3 Å². The van der Waals surface area contributed by atoms with Crippen LogP contribution in [-0.2, 0) is 16.6 Å². The summed E-state index contributed by atoms with van der Waals surface area (Å²) in [6.45, 7) is 2.83. The number of carbonyl (C=O) groups excluding carboxylic acids is 1. The molecule has 1 fully saturated rings. The number of rotatable bonds is 5. The van der Waals surface area contributed by atoms with E-state index in [9.17, 15) is 4.79 Å². The SMILES string of the molecule is CC(=O)Nc1cc(Nc2ccnc(C3CCOC3)n2)c(-c2ccn(C)n2)cn1. The predicted molar refractivity (Wildman–Crippen MR) is 104 cm³/mol. The highest BCUT2D eigenvalue weighted by Crippen LogP contribution is 2.31. The molecule has 144 valence electrons. The van der Waals surface area contributed by atoms with Crippen LogP contribution in [-0.4, -0.2) is 43.9 Å². The summed E-state index contributed by atoms with van der Waals surface area (Å²) >= 11 is 0. The fourth-order valence-electron chi connectivity index (χ4n) is 3.09. The van der Waals surface area contributed by atoms with Gasteiger partial charge < -0.3 is 15.4 Å². The van der Waals surface area contributed by atoms with Crippen molar-refractivity contribution < 1.29 is 9.53 Å². The van der Waals surface area contributed by atoms with Crippen molar-refractivity contribution in [2.75, 3.05) is 23.8 Å². The summed E-state index contributed by atoms with van der Waals surface area (Å²) in [5, 5.41) is 10.5. The quantitative estimate of drug-likeness (QED) is 0.701. The van der Waals surface area contributed by atoms with Gasteiger partial charge in [-0.05, 0) is 18.6 Å². The van der Waals surface area contributed by atoms with E-state index in [1.165, 1.54) is 6.92 Å². The first-order valence-corrected chi connectivity index (χ1v) is 9.04. The van der Waals surface area contributed by atoms with E-state index < -0.39 is 0 Å². The monoisotopic (exact) mass is 379 g/mol. The number of nitrogens with zero attached hydrogens (tertiary/aromatic N) is 5. The van der Waals surface area contributed by atoms with E-state index in [4.69, 9.17) is 4.74 Å². The minimum absolute atomic E-state index is 0.186. The molecule has 3 aromatic rings. The molecule has 1 aliphatic heterocycles. The maximum Gasteiger partial charge on any atom is 0.222 e. The van der Waals surface area contributed by atoms with Gasteiger partial charge in [-0.2, -0.15) is 5.10 Å². The van der Waals surface area contributed by atoms with Gasteiger partial charge in [0.1, 0.15) is 17.5 Å². The lowest BCUT2D eigenvalue weighted by Crippen LogP contribution is -2.09. The highest BCUT2D eigenvalue weighted by atomic mass is 16.5. The first-order valence-electron chi connectivity index (χ1n) is 9.04. The molecule has 4 heterocycles. The fraction of sp³-hybridized carbons (Fsp3) is 0.316. The maximum absolute atomic E-state index is 11.4. The molecule has 2 N–H and O–H groups in total. The Labute approximate surface area is 162 Å². The third-order valence-corrected chi connectivity index (χ3v) is 4.43. The molecule has 1 saturated heterocycles. The van der Waals surface area contributed by atoms with Gasteiger partial charge in [-0.25, -0.2) is 15.0 Å². The van der Waals surface area contributed by atoms with Crippen molar-refractivity contribution in [1.29, 1.82) is 0 Å². The van der Waals surface area contributed by atoms with Crippen molar-refractivity contribution >= 4 is 23.2 Å². The molecule has 0 aromatic carbocycles. The Bertz CT molecular complexity index is 995. The Hall–Kier alpha value is -3.33. The van der Waals surface area contributed by atoms with Crippen LogP contribution in [0.5, 0.6) is 0 Å². The van der Waals surface area contributed by atoms with E-state index in [1.807, 2.05) is 19.3 Å². The lowest BCUT2D eigenvalue weighted by atomic mass is 10.1. The average Bonchev–Trinajstić information content (AvgIpc) is 3.34. The van der Waals surface area contributed by atoms with E-state index in [-0.39, 0.29) is 11.8 Å². The zero-order chi connectivity index (χ0) is 19.5. The molecule has 9 nitrogen and oxygen atoms in total. The average molecular weight is 379 g/mol. The molecule has 3 aromatic heterocycles. The number of carbonyl (C=O) groups is 1. The van der Waals surface area contributed by atoms with Gasteiger partial charge in [-0.1, -0.05) is 0 Å². The van der Waals surface area contributed by atoms with Gasteiger partial charge in [-0.3, -0.25) is 9.48 Å². The lowest BCUT2D eigenvalue weighted by molar-refractivity contribution is -0.114. The van der Waals surface area contributed by atoms with Crippen LogP contribution < -0.4 is 10.6 Å². The number of aromatic nitrogens is 5. The molecule has 1 aliphatic rings. The zero-order valence-corrected chi connectivity index (χ0v) is 15.7. The van der Waals surface area contributed by atoms with Gasteiger partial charge in [0.25, 0.3) is 0 Å². The summed E-state index contributed by atoms with van der Waals surface area (Å²) in [5.41, 5.74) is 2.31. The molecule has 4 rings (SSSR count). The number of hydrogen-bond donors (Lipinski definition) is 2. The van der Waals surface area contributed by atoms with E-state index in [0.29, 0.717) is 18.2 Å².